The molecule has 0 aliphatic carbocycles. The van der Waals surface area contributed by atoms with E-state index in [0.717, 1.165) is 17.5 Å². The lowest BCUT2D eigenvalue weighted by Crippen LogP contribution is -2.08. The molecule has 0 spiro atoms. The van der Waals surface area contributed by atoms with E-state index in [1.54, 1.807) is 0 Å². The Labute approximate surface area is 111 Å². The molecule has 2 N–H and O–H groups in total. The number of nitrogens with two attached hydrogens (primary N) is 1. The minimum Gasteiger partial charge on any atom is -0.330 e. The van der Waals surface area contributed by atoms with Crippen LogP contribution in [-0.2, 0) is 0 Å². The van der Waals surface area contributed by atoms with E-state index in [-0.39, 0.29) is 11.7 Å². The summed E-state index contributed by atoms with van der Waals surface area (Å²) in [7, 11) is 0. The molecule has 0 heterocycles. The fraction of sp³-hybridized carbons (Fsp3) is 0.200. The molecule has 0 aromatic heterocycles. The minimum atomic E-state index is -0.221. The number of halogens is 2. The van der Waals surface area contributed by atoms with Gasteiger partial charge in [-0.1, -0.05) is 35.9 Å². The third-order valence-electron chi connectivity index (χ3n) is 3.00. The summed E-state index contributed by atoms with van der Waals surface area (Å²) in [6.07, 6.45) is 0.827. The Bertz CT molecular complexity index is 447. The smallest absolute Gasteiger partial charge is 0.123 e. The molecule has 0 saturated heterocycles. The predicted molar refractivity (Wildman–Crippen MR) is 73.4 cm³/mol. The maximum atomic E-state index is 12.9. The zero-order chi connectivity index (χ0) is 13.0. The summed E-state index contributed by atoms with van der Waals surface area (Å²) in [5, 5.41) is 0.712. The monoisotopic (exact) mass is 263 g/mol. The third kappa shape index (κ3) is 3.09. The Hall–Kier alpha value is -1.38. The second-order valence-electron chi connectivity index (χ2n) is 4.23. The van der Waals surface area contributed by atoms with Crippen LogP contribution in [0.3, 0.4) is 0 Å². The molecule has 0 fully saturated rings. The highest BCUT2D eigenvalue weighted by Gasteiger charge is 2.13. The molecule has 0 unspecified atom stereocenters. The Kier molecular flexibility index (Phi) is 4.34. The lowest BCUT2D eigenvalue weighted by atomic mass is 9.88. The second-order valence-corrected chi connectivity index (χ2v) is 4.67. The van der Waals surface area contributed by atoms with Gasteiger partial charge in [0.15, 0.2) is 0 Å². The van der Waals surface area contributed by atoms with Gasteiger partial charge in [0.1, 0.15) is 5.82 Å². The lowest BCUT2D eigenvalue weighted by Gasteiger charge is -2.17. The summed E-state index contributed by atoms with van der Waals surface area (Å²) in [6.45, 7) is 0.588. The van der Waals surface area contributed by atoms with E-state index in [1.165, 1.54) is 12.1 Å². The summed E-state index contributed by atoms with van der Waals surface area (Å²) in [4.78, 5) is 0. The van der Waals surface area contributed by atoms with Crippen LogP contribution >= 0.6 is 11.6 Å². The summed E-state index contributed by atoms with van der Waals surface area (Å²) >= 11 is 5.89. The first-order chi connectivity index (χ1) is 8.70. The van der Waals surface area contributed by atoms with Crippen molar-refractivity contribution in [3.63, 3.8) is 0 Å². The molecule has 94 valence electrons. The van der Waals surface area contributed by atoms with Gasteiger partial charge in [0.25, 0.3) is 0 Å². The minimum absolute atomic E-state index is 0.188. The van der Waals surface area contributed by atoms with Gasteiger partial charge in [0.05, 0.1) is 0 Å². The maximum Gasteiger partial charge on any atom is 0.123 e. The summed E-state index contributed by atoms with van der Waals surface area (Å²) < 4.78 is 12.9. The maximum absolute atomic E-state index is 12.9. The van der Waals surface area contributed by atoms with E-state index >= 15 is 0 Å². The first-order valence-electron chi connectivity index (χ1n) is 5.91. The molecular formula is C15H15ClFN. The summed E-state index contributed by atoms with van der Waals surface area (Å²) in [5.74, 6) is -0.0331. The van der Waals surface area contributed by atoms with Gasteiger partial charge in [0, 0.05) is 10.9 Å². The van der Waals surface area contributed by atoms with Crippen LogP contribution < -0.4 is 5.73 Å². The predicted octanol–water partition coefficient (Wildman–Crippen LogP) is 3.96. The van der Waals surface area contributed by atoms with Crippen LogP contribution in [0.15, 0.2) is 48.5 Å². The van der Waals surface area contributed by atoms with E-state index in [0.29, 0.717) is 11.6 Å². The zero-order valence-corrected chi connectivity index (χ0v) is 10.7. The van der Waals surface area contributed by atoms with Crippen LogP contribution in [0.4, 0.5) is 4.39 Å². The SMILES string of the molecule is NCC[C@H](c1ccc(F)cc1)c1ccc(Cl)cc1. The highest BCUT2D eigenvalue weighted by atomic mass is 35.5. The molecule has 0 radical (unpaired) electrons. The van der Waals surface area contributed by atoms with E-state index in [1.807, 2.05) is 36.4 Å². The van der Waals surface area contributed by atoms with Crippen molar-refractivity contribution in [1.82, 2.24) is 0 Å². The van der Waals surface area contributed by atoms with Crippen molar-refractivity contribution in [2.75, 3.05) is 6.54 Å². The highest BCUT2D eigenvalue weighted by molar-refractivity contribution is 6.30. The number of hydrogen-bond acceptors (Lipinski definition) is 1. The first-order valence-corrected chi connectivity index (χ1v) is 6.29. The van der Waals surface area contributed by atoms with Crippen molar-refractivity contribution in [2.24, 2.45) is 5.73 Å². The molecule has 0 aliphatic rings. The average molecular weight is 264 g/mol. The van der Waals surface area contributed by atoms with Gasteiger partial charge in [-0.2, -0.15) is 0 Å². The second kappa shape index (κ2) is 5.98. The summed E-state index contributed by atoms with van der Waals surface area (Å²) in [5.41, 5.74) is 7.89. The van der Waals surface area contributed by atoms with Crippen molar-refractivity contribution in [1.29, 1.82) is 0 Å². The van der Waals surface area contributed by atoms with Crippen LogP contribution in [-0.4, -0.2) is 6.54 Å². The molecule has 18 heavy (non-hydrogen) atoms. The molecule has 0 saturated carbocycles. The molecule has 2 rings (SSSR count). The number of hydrogen-bond donors (Lipinski definition) is 1. The van der Waals surface area contributed by atoms with Crippen LogP contribution in [0.1, 0.15) is 23.5 Å². The van der Waals surface area contributed by atoms with Gasteiger partial charge < -0.3 is 5.73 Å². The van der Waals surface area contributed by atoms with Crippen LogP contribution in [0, 0.1) is 5.82 Å². The van der Waals surface area contributed by atoms with Crippen molar-refractivity contribution >= 4 is 11.6 Å². The molecule has 3 heteroatoms. The van der Waals surface area contributed by atoms with Crippen LogP contribution in [0.5, 0.6) is 0 Å². The molecule has 0 aliphatic heterocycles. The third-order valence-corrected chi connectivity index (χ3v) is 3.25. The van der Waals surface area contributed by atoms with Crippen molar-refractivity contribution in [2.45, 2.75) is 12.3 Å². The molecule has 0 bridgehead atoms. The highest BCUT2D eigenvalue weighted by Crippen LogP contribution is 2.28. The number of benzene rings is 2. The standard InChI is InChI=1S/C15H15ClFN/c16-13-5-1-11(2-6-13)15(9-10-18)12-3-7-14(17)8-4-12/h1-8,15H,9-10,18H2/t15-/m0/s1. The zero-order valence-electron chi connectivity index (χ0n) is 9.94. The van der Waals surface area contributed by atoms with E-state index in [9.17, 15) is 4.39 Å². The van der Waals surface area contributed by atoms with Gasteiger partial charge in [0.2, 0.25) is 0 Å². The van der Waals surface area contributed by atoms with E-state index in [4.69, 9.17) is 17.3 Å². The van der Waals surface area contributed by atoms with Gasteiger partial charge in [-0.25, -0.2) is 4.39 Å². The van der Waals surface area contributed by atoms with Crippen molar-refractivity contribution < 1.29 is 4.39 Å². The van der Waals surface area contributed by atoms with Crippen LogP contribution in [0.2, 0.25) is 5.02 Å². The fourth-order valence-electron chi connectivity index (χ4n) is 2.08. The van der Waals surface area contributed by atoms with E-state index < -0.39 is 0 Å². The molecule has 1 atom stereocenters. The molecule has 0 amide bonds. The Morgan fingerprint density at radius 3 is 1.94 bits per heavy atom. The topological polar surface area (TPSA) is 26.0 Å². The van der Waals surface area contributed by atoms with Crippen molar-refractivity contribution in [3.05, 3.63) is 70.5 Å². The van der Waals surface area contributed by atoms with Gasteiger partial charge in [-0.05, 0) is 48.4 Å². The fourth-order valence-corrected chi connectivity index (χ4v) is 2.21. The molecule has 2 aromatic carbocycles. The quantitative estimate of drug-likeness (QED) is 0.888. The van der Waals surface area contributed by atoms with Gasteiger partial charge in [-0.15, -0.1) is 0 Å². The Morgan fingerprint density at radius 1 is 0.944 bits per heavy atom. The molecule has 1 nitrogen and oxygen atoms in total. The number of rotatable bonds is 4. The Morgan fingerprint density at radius 2 is 1.44 bits per heavy atom. The average Bonchev–Trinajstić information content (AvgIpc) is 2.39. The lowest BCUT2D eigenvalue weighted by molar-refractivity contribution is 0.625. The molecule has 2 aromatic rings. The van der Waals surface area contributed by atoms with Gasteiger partial charge in [-0.3, -0.25) is 0 Å². The first kappa shape index (κ1) is 13.1. The summed E-state index contributed by atoms with van der Waals surface area (Å²) in [6, 6.07) is 14.3. The molecular weight excluding hydrogens is 249 g/mol. The van der Waals surface area contributed by atoms with Crippen molar-refractivity contribution in [3.8, 4) is 0 Å². The van der Waals surface area contributed by atoms with E-state index in [2.05, 4.69) is 0 Å². The normalized spacial score (nSPS) is 12.4. The largest absolute Gasteiger partial charge is 0.330 e. The van der Waals surface area contributed by atoms with Crippen LogP contribution in [0.25, 0.3) is 0 Å². The Balaban J connectivity index is 2.33. The van der Waals surface area contributed by atoms with Gasteiger partial charge >= 0.3 is 0 Å².